The summed E-state index contributed by atoms with van der Waals surface area (Å²) in [5.74, 6) is 0.866. The van der Waals surface area contributed by atoms with Crippen LogP contribution in [0.15, 0.2) is 42.6 Å². The summed E-state index contributed by atoms with van der Waals surface area (Å²) < 4.78 is 11.3. The molecule has 3 heterocycles. The largest absolute Gasteiger partial charge is 0.497 e. The molecule has 0 saturated carbocycles. The number of methoxy groups -OCH3 is 1. The fourth-order valence-electron chi connectivity index (χ4n) is 3.12. The molecular weight excluding hydrogens is 276 g/mol. The van der Waals surface area contributed by atoms with E-state index in [0.717, 1.165) is 42.1 Å². The van der Waals surface area contributed by atoms with Crippen LogP contribution < -0.4 is 4.74 Å². The van der Waals surface area contributed by atoms with Gasteiger partial charge in [-0.3, -0.25) is 4.98 Å². The average Bonchev–Trinajstić information content (AvgIpc) is 2.61. The predicted molar refractivity (Wildman–Crippen MR) is 85.1 cm³/mol. The highest BCUT2D eigenvalue weighted by Gasteiger charge is 2.32. The summed E-state index contributed by atoms with van der Waals surface area (Å²) in [7, 11) is 1.68. The molecule has 1 atom stereocenters. The Bertz CT molecular complexity index is 709. The first-order valence-corrected chi connectivity index (χ1v) is 7.56. The van der Waals surface area contributed by atoms with Crippen LogP contribution in [0, 0.1) is 0 Å². The zero-order valence-corrected chi connectivity index (χ0v) is 12.5. The molecule has 1 unspecified atom stereocenters. The summed E-state index contributed by atoms with van der Waals surface area (Å²) in [6, 6.07) is 12.2. The van der Waals surface area contributed by atoms with Crippen LogP contribution in [0.2, 0.25) is 0 Å². The summed E-state index contributed by atoms with van der Waals surface area (Å²) in [5.41, 5.74) is 4.47. The zero-order valence-electron chi connectivity index (χ0n) is 12.5. The van der Waals surface area contributed by atoms with Gasteiger partial charge >= 0.3 is 0 Å². The smallest absolute Gasteiger partial charge is 0.158 e. The van der Waals surface area contributed by atoms with Gasteiger partial charge < -0.3 is 14.4 Å². The number of benzene rings is 1. The van der Waals surface area contributed by atoms with Crippen molar-refractivity contribution in [1.29, 1.82) is 0 Å². The number of hydrogen-bond acceptors (Lipinski definition) is 4. The van der Waals surface area contributed by atoms with E-state index in [-0.39, 0.29) is 6.23 Å². The minimum Gasteiger partial charge on any atom is -0.497 e. The van der Waals surface area contributed by atoms with E-state index in [2.05, 4.69) is 34.2 Å². The van der Waals surface area contributed by atoms with Crippen molar-refractivity contribution in [3.05, 3.63) is 59.4 Å². The lowest BCUT2D eigenvalue weighted by Gasteiger charge is -2.41. The van der Waals surface area contributed by atoms with Gasteiger partial charge in [0.2, 0.25) is 0 Å². The van der Waals surface area contributed by atoms with E-state index in [9.17, 15) is 0 Å². The summed E-state index contributed by atoms with van der Waals surface area (Å²) >= 11 is 0. The quantitative estimate of drug-likeness (QED) is 0.851. The third-order valence-electron chi connectivity index (χ3n) is 4.21. The van der Waals surface area contributed by atoms with E-state index in [4.69, 9.17) is 9.47 Å². The molecule has 0 bridgehead atoms. The molecule has 2 aliphatic heterocycles. The van der Waals surface area contributed by atoms with Crippen molar-refractivity contribution in [2.45, 2.75) is 12.6 Å². The van der Waals surface area contributed by atoms with Gasteiger partial charge in [-0.1, -0.05) is 6.07 Å². The number of ether oxygens (including phenoxy) is 2. The highest BCUT2D eigenvalue weighted by molar-refractivity contribution is 5.82. The van der Waals surface area contributed by atoms with Crippen LogP contribution in [0.5, 0.6) is 5.75 Å². The summed E-state index contributed by atoms with van der Waals surface area (Å²) in [6.07, 6.45) is 5.00. The molecule has 0 aliphatic carbocycles. The maximum Gasteiger partial charge on any atom is 0.158 e. The number of rotatable bonds is 2. The molecule has 22 heavy (non-hydrogen) atoms. The van der Waals surface area contributed by atoms with Crippen LogP contribution in [0.4, 0.5) is 0 Å². The van der Waals surface area contributed by atoms with E-state index < -0.39 is 0 Å². The molecule has 1 fully saturated rings. The Hall–Kier alpha value is -2.33. The molecule has 112 valence electrons. The Kier molecular flexibility index (Phi) is 3.31. The van der Waals surface area contributed by atoms with Crippen LogP contribution in [-0.2, 0) is 4.74 Å². The van der Waals surface area contributed by atoms with Gasteiger partial charge in [-0.25, -0.2) is 0 Å². The minimum absolute atomic E-state index is 0.0282. The third kappa shape index (κ3) is 2.16. The molecule has 4 rings (SSSR count). The SMILES string of the molecule is COc1ccc(C2=Cc3ncccc3C3OCCCN23)cc1. The first-order valence-electron chi connectivity index (χ1n) is 7.56. The van der Waals surface area contributed by atoms with Crippen molar-refractivity contribution in [3.63, 3.8) is 0 Å². The average molecular weight is 294 g/mol. The van der Waals surface area contributed by atoms with Gasteiger partial charge in [0, 0.05) is 24.0 Å². The lowest BCUT2D eigenvalue weighted by atomic mass is 9.99. The fourth-order valence-corrected chi connectivity index (χ4v) is 3.12. The van der Waals surface area contributed by atoms with E-state index in [1.807, 2.05) is 24.4 Å². The highest BCUT2D eigenvalue weighted by Crippen LogP contribution is 2.40. The summed E-state index contributed by atoms with van der Waals surface area (Å²) in [5, 5.41) is 0. The van der Waals surface area contributed by atoms with Crippen LogP contribution in [0.1, 0.15) is 29.5 Å². The summed E-state index contributed by atoms with van der Waals surface area (Å²) in [6.45, 7) is 1.79. The number of pyridine rings is 1. The second-order valence-corrected chi connectivity index (χ2v) is 5.51. The Labute approximate surface area is 130 Å². The number of hydrogen-bond donors (Lipinski definition) is 0. The molecule has 4 heteroatoms. The van der Waals surface area contributed by atoms with Crippen molar-refractivity contribution < 1.29 is 9.47 Å². The Morgan fingerprint density at radius 1 is 1.23 bits per heavy atom. The summed E-state index contributed by atoms with van der Waals surface area (Å²) in [4.78, 5) is 6.84. The standard InChI is InChI=1S/C18H18N2O2/c1-21-14-7-5-13(6-8-14)17-12-16-15(4-2-9-19-16)18-20(17)10-3-11-22-18/h2,4-9,12,18H,3,10-11H2,1H3. The maximum atomic E-state index is 6.03. The molecule has 0 N–H and O–H groups in total. The molecule has 1 aromatic carbocycles. The normalized spacial score (nSPS) is 20.0. The van der Waals surface area contributed by atoms with Gasteiger partial charge in [0.25, 0.3) is 0 Å². The van der Waals surface area contributed by atoms with E-state index in [0.29, 0.717) is 0 Å². The highest BCUT2D eigenvalue weighted by atomic mass is 16.5. The molecule has 0 amide bonds. The van der Waals surface area contributed by atoms with Crippen LogP contribution >= 0.6 is 0 Å². The van der Waals surface area contributed by atoms with Gasteiger partial charge in [-0.15, -0.1) is 0 Å². The second kappa shape index (κ2) is 5.46. The van der Waals surface area contributed by atoms with Gasteiger partial charge in [0.1, 0.15) is 5.75 Å². The minimum atomic E-state index is -0.0282. The molecule has 0 spiro atoms. The van der Waals surface area contributed by atoms with Gasteiger partial charge in [0.05, 0.1) is 19.4 Å². The first kappa shape index (κ1) is 13.3. The topological polar surface area (TPSA) is 34.6 Å². The molecular formula is C18H18N2O2. The number of fused-ring (bicyclic) bond motifs is 3. The van der Waals surface area contributed by atoms with Crippen LogP contribution in [0.3, 0.4) is 0 Å². The third-order valence-corrected chi connectivity index (χ3v) is 4.21. The van der Waals surface area contributed by atoms with E-state index >= 15 is 0 Å². The first-order chi connectivity index (χ1) is 10.9. The van der Waals surface area contributed by atoms with Crippen LogP contribution in [-0.4, -0.2) is 30.1 Å². The van der Waals surface area contributed by atoms with E-state index in [1.165, 1.54) is 5.70 Å². The van der Waals surface area contributed by atoms with Gasteiger partial charge in [-0.05, 0) is 48.4 Å². The van der Waals surface area contributed by atoms with Crippen molar-refractivity contribution in [2.24, 2.45) is 0 Å². The Morgan fingerprint density at radius 3 is 2.91 bits per heavy atom. The molecule has 1 saturated heterocycles. The predicted octanol–water partition coefficient (Wildman–Crippen LogP) is 3.32. The monoisotopic (exact) mass is 294 g/mol. The Balaban J connectivity index is 1.81. The zero-order chi connectivity index (χ0) is 14.9. The Morgan fingerprint density at radius 2 is 2.09 bits per heavy atom. The van der Waals surface area contributed by atoms with Crippen molar-refractivity contribution >= 4 is 11.8 Å². The lowest BCUT2D eigenvalue weighted by molar-refractivity contribution is -0.0703. The number of aromatic nitrogens is 1. The molecule has 2 aromatic rings. The van der Waals surface area contributed by atoms with Crippen molar-refractivity contribution in [1.82, 2.24) is 9.88 Å². The van der Waals surface area contributed by atoms with Crippen molar-refractivity contribution in [2.75, 3.05) is 20.3 Å². The lowest BCUT2D eigenvalue weighted by Crippen LogP contribution is -2.37. The fraction of sp³-hybridized carbons (Fsp3) is 0.278. The molecule has 4 nitrogen and oxygen atoms in total. The second-order valence-electron chi connectivity index (χ2n) is 5.51. The maximum absolute atomic E-state index is 6.03. The van der Waals surface area contributed by atoms with Crippen molar-refractivity contribution in [3.8, 4) is 5.75 Å². The van der Waals surface area contributed by atoms with Crippen LogP contribution in [0.25, 0.3) is 11.8 Å². The number of nitrogens with zero attached hydrogens (tertiary/aromatic N) is 2. The van der Waals surface area contributed by atoms with Gasteiger partial charge in [-0.2, -0.15) is 0 Å². The van der Waals surface area contributed by atoms with Gasteiger partial charge in [0.15, 0.2) is 6.23 Å². The molecule has 2 aliphatic rings. The molecule has 1 aromatic heterocycles. The molecule has 0 radical (unpaired) electrons. The van der Waals surface area contributed by atoms with E-state index in [1.54, 1.807) is 7.11 Å².